The van der Waals surface area contributed by atoms with Gasteiger partial charge in [0.25, 0.3) is 0 Å². The molecule has 1 N–H and O–H groups in total. The molecule has 0 bridgehead atoms. The summed E-state index contributed by atoms with van der Waals surface area (Å²) in [7, 11) is 1.71. The van der Waals surface area contributed by atoms with Crippen molar-refractivity contribution in [1.82, 2.24) is 9.72 Å². The Morgan fingerprint density at radius 2 is 1.96 bits per heavy atom. The van der Waals surface area contributed by atoms with E-state index < -0.39 is 5.91 Å². The molecule has 0 aliphatic carbocycles. The monoisotopic (exact) mass is 438 g/mol. The normalized spacial score (nSPS) is 11.5. The van der Waals surface area contributed by atoms with Crippen molar-refractivity contribution in [2.75, 3.05) is 0 Å². The maximum Gasteiger partial charge on any atom is 0.301 e. The van der Waals surface area contributed by atoms with Crippen LogP contribution in [0.5, 0.6) is 5.88 Å². The minimum atomic E-state index is -0.594. The lowest BCUT2D eigenvalue weighted by molar-refractivity contribution is 0.0994. The Morgan fingerprint density at radius 3 is 2.71 bits per heavy atom. The van der Waals surface area contributed by atoms with Gasteiger partial charge in [0, 0.05) is 22.5 Å². The van der Waals surface area contributed by atoms with Gasteiger partial charge in [-0.3, -0.25) is 4.79 Å². The molecule has 0 aliphatic rings. The summed E-state index contributed by atoms with van der Waals surface area (Å²) in [5, 5.41) is 22.9. The van der Waals surface area contributed by atoms with Crippen LogP contribution in [0.3, 0.4) is 0 Å². The van der Waals surface area contributed by atoms with Gasteiger partial charge in [-0.2, -0.15) is 0 Å². The molecule has 4 rings (SSSR count). The molecular weight excluding hydrogens is 424 g/mol. The number of hydrogen-bond acceptors (Lipinski definition) is 5. The van der Waals surface area contributed by atoms with Gasteiger partial charge >= 0.3 is 5.91 Å². The number of hydrogen-bond donors (Lipinski definition) is 1. The lowest BCUT2D eigenvalue weighted by Crippen LogP contribution is -1.97. The average Bonchev–Trinajstić information content (AvgIpc) is 3.19. The SMILES string of the molecule is Cc1onc(-c2ccccc2)c1C(=O)N=Nc1c(O)n(C)c2ccc(Br)cc12. The Hall–Kier alpha value is -3.26. The molecule has 2 aromatic heterocycles. The highest BCUT2D eigenvalue weighted by Crippen LogP contribution is 2.39. The molecule has 0 radical (unpaired) electrons. The summed E-state index contributed by atoms with van der Waals surface area (Å²) < 4.78 is 7.62. The number of nitrogens with zero attached hydrogens (tertiary/aromatic N) is 4. The molecule has 0 saturated carbocycles. The van der Waals surface area contributed by atoms with E-state index in [-0.39, 0.29) is 17.1 Å². The predicted octanol–water partition coefficient (Wildman–Crippen LogP) is 5.53. The van der Waals surface area contributed by atoms with Gasteiger partial charge in [-0.15, -0.1) is 10.2 Å². The van der Waals surface area contributed by atoms with Gasteiger partial charge in [0.1, 0.15) is 17.0 Å². The van der Waals surface area contributed by atoms with E-state index >= 15 is 0 Å². The van der Waals surface area contributed by atoms with E-state index in [2.05, 4.69) is 31.3 Å². The molecule has 8 heteroatoms. The summed E-state index contributed by atoms with van der Waals surface area (Å²) in [5.41, 5.74) is 2.40. The number of rotatable bonds is 3. The Bertz CT molecular complexity index is 1230. The van der Waals surface area contributed by atoms with Crippen LogP contribution in [0.2, 0.25) is 0 Å². The first-order chi connectivity index (χ1) is 13.5. The summed E-state index contributed by atoms with van der Waals surface area (Å²) in [6, 6.07) is 14.8. The van der Waals surface area contributed by atoms with Crippen molar-refractivity contribution in [3.8, 4) is 17.1 Å². The molecule has 2 heterocycles. The maximum atomic E-state index is 12.8. The fourth-order valence-corrected chi connectivity index (χ4v) is 3.41. The second kappa shape index (κ2) is 7.05. The molecule has 0 saturated heterocycles. The molecule has 1 amide bonds. The average molecular weight is 439 g/mol. The number of fused-ring (bicyclic) bond motifs is 1. The summed E-state index contributed by atoms with van der Waals surface area (Å²) in [5.74, 6) is -0.313. The zero-order valence-electron chi connectivity index (χ0n) is 15.0. The van der Waals surface area contributed by atoms with Gasteiger partial charge < -0.3 is 14.2 Å². The van der Waals surface area contributed by atoms with E-state index in [1.165, 1.54) is 0 Å². The van der Waals surface area contributed by atoms with Crippen molar-refractivity contribution in [3.05, 3.63) is 64.3 Å². The van der Waals surface area contributed by atoms with Crippen molar-refractivity contribution in [1.29, 1.82) is 0 Å². The lowest BCUT2D eigenvalue weighted by atomic mass is 10.1. The van der Waals surface area contributed by atoms with Crippen molar-refractivity contribution < 1.29 is 14.4 Å². The molecule has 0 fully saturated rings. The summed E-state index contributed by atoms with van der Waals surface area (Å²) in [6.45, 7) is 1.65. The fourth-order valence-electron chi connectivity index (χ4n) is 3.04. The van der Waals surface area contributed by atoms with Crippen molar-refractivity contribution in [3.63, 3.8) is 0 Å². The Kier molecular flexibility index (Phi) is 4.56. The van der Waals surface area contributed by atoms with Crippen molar-refractivity contribution in [2.24, 2.45) is 17.3 Å². The molecule has 2 aromatic carbocycles. The van der Waals surface area contributed by atoms with Gasteiger partial charge in [-0.25, -0.2) is 0 Å². The third-order valence-corrected chi connectivity index (χ3v) is 4.96. The van der Waals surface area contributed by atoms with Gasteiger partial charge in [-0.1, -0.05) is 51.4 Å². The third kappa shape index (κ3) is 3.01. The maximum absolute atomic E-state index is 12.8. The van der Waals surface area contributed by atoms with E-state index in [9.17, 15) is 9.90 Å². The van der Waals surface area contributed by atoms with Crippen LogP contribution in [0.4, 0.5) is 5.69 Å². The first-order valence-corrected chi connectivity index (χ1v) is 9.21. The van der Waals surface area contributed by atoms with Gasteiger partial charge in [0.05, 0.1) is 5.52 Å². The number of halogens is 1. The van der Waals surface area contributed by atoms with E-state index in [0.29, 0.717) is 16.8 Å². The number of aromatic hydroxyl groups is 1. The number of carbonyl (C=O) groups is 1. The van der Waals surface area contributed by atoms with Crippen LogP contribution in [0.25, 0.3) is 22.2 Å². The number of azo groups is 1. The van der Waals surface area contributed by atoms with Crippen LogP contribution in [0.15, 0.2) is 67.8 Å². The summed E-state index contributed by atoms with van der Waals surface area (Å²) in [6.07, 6.45) is 0. The molecule has 140 valence electrons. The highest BCUT2D eigenvalue weighted by molar-refractivity contribution is 9.10. The number of benzene rings is 2. The minimum absolute atomic E-state index is 0.0741. The van der Waals surface area contributed by atoms with Gasteiger partial charge in [0.15, 0.2) is 5.69 Å². The molecule has 0 spiro atoms. The summed E-state index contributed by atoms with van der Waals surface area (Å²) in [4.78, 5) is 12.8. The first-order valence-electron chi connectivity index (χ1n) is 8.42. The molecule has 0 aliphatic heterocycles. The van der Waals surface area contributed by atoms with Crippen molar-refractivity contribution >= 4 is 38.4 Å². The van der Waals surface area contributed by atoms with Gasteiger partial charge in [0.2, 0.25) is 5.88 Å². The number of carbonyl (C=O) groups excluding carboxylic acids is 1. The van der Waals surface area contributed by atoms with Crippen LogP contribution in [-0.4, -0.2) is 20.7 Å². The molecule has 0 atom stereocenters. The standard InChI is InChI=1S/C20H15BrN4O3/c1-11-16(17(24-28-11)12-6-4-3-5-7-12)19(26)23-22-18-14-10-13(21)8-9-15(14)25(2)20(18)27/h3-10,27H,1-2H3. The topological polar surface area (TPSA) is 93.0 Å². The van der Waals surface area contributed by atoms with Crippen LogP contribution >= 0.6 is 15.9 Å². The molecule has 0 unspecified atom stereocenters. The smallest absolute Gasteiger partial charge is 0.301 e. The van der Waals surface area contributed by atoms with E-state index in [1.807, 2.05) is 48.5 Å². The minimum Gasteiger partial charge on any atom is -0.493 e. The highest BCUT2D eigenvalue weighted by Gasteiger charge is 2.22. The van der Waals surface area contributed by atoms with E-state index in [4.69, 9.17) is 4.52 Å². The molecule has 7 nitrogen and oxygen atoms in total. The molecule has 4 aromatic rings. The largest absolute Gasteiger partial charge is 0.493 e. The molecule has 28 heavy (non-hydrogen) atoms. The number of amides is 1. The van der Waals surface area contributed by atoms with E-state index in [1.54, 1.807) is 18.5 Å². The first kappa shape index (κ1) is 18.1. The lowest BCUT2D eigenvalue weighted by Gasteiger charge is -1.98. The van der Waals surface area contributed by atoms with Crippen LogP contribution in [-0.2, 0) is 7.05 Å². The Balaban J connectivity index is 1.76. The zero-order chi connectivity index (χ0) is 19.8. The highest BCUT2D eigenvalue weighted by atomic mass is 79.9. The quantitative estimate of drug-likeness (QED) is 0.425. The number of aromatic nitrogens is 2. The van der Waals surface area contributed by atoms with Gasteiger partial charge in [-0.05, 0) is 25.1 Å². The second-order valence-electron chi connectivity index (χ2n) is 6.23. The number of aryl methyl sites for hydroxylation is 2. The van der Waals surface area contributed by atoms with Crippen molar-refractivity contribution in [2.45, 2.75) is 6.92 Å². The summed E-state index contributed by atoms with van der Waals surface area (Å²) >= 11 is 3.41. The molecular formula is C20H15BrN4O3. The van der Waals surface area contributed by atoms with E-state index in [0.717, 1.165) is 15.6 Å². The zero-order valence-corrected chi connectivity index (χ0v) is 16.6. The van der Waals surface area contributed by atoms with Crippen LogP contribution in [0.1, 0.15) is 16.1 Å². The Morgan fingerprint density at radius 1 is 1.21 bits per heavy atom. The van der Waals surface area contributed by atoms with Crippen LogP contribution in [0, 0.1) is 6.92 Å². The Labute approximate surface area is 168 Å². The fraction of sp³-hybridized carbons (Fsp3) is 0.100. The van der Waals surface area contributed by atoms with Crippen LogP contribution < -0.4 is 0 Å². The third-order valence-electron chi connectivity index (χ3n) is 4.47. The predicted molar refractivity (Wildman–Crippen MR) is 108 cm³/mol. The second-order valence-corrected chi connectivity index (χ2v) is 7.14.